The number of hydrogen-bond donors (Lipinski definition) is 2. The number of nitrogens with two attached hydrogens (primary N) is 1. The predicted octanol–water partition coefficient (Wildman–Crippen LogP) is 0.888. The van der Waals surface area contributed by atoms with Gasteiger partial charge in [0.05, 0.1) is 0 Å². The number of halogens is 1. The molecular formula is C8H8FNO2. The van der Waals surface area contributed by atoms with Crippen LogP contribution >= 0.6 is 0 Å². The summed E-state index contributed by atoms with van der Waals surface area (Å²) in [5.41, 5.74) is 4.62. The van der Waals surface area contributed by atoms with Gasteiger partial charge in [0.1, 0.15) is 5.75 Å². The third-order valence-corrected chi connectivity index (χ3v) is 1.46. The standard InChI is InChI=1S/C8H8FNO2/c9-7(8(10)12)5-3-1-2-4-6(5)11/h1-4,7,11H,(H2,10,12). The first-order valence-electron chi connectivity index (χ1n) is 3.34. The van der Waals surface area contributed by atoms with Gasteiger partial charge in [-0.05, 0) is 6.07 Å². The Morgan fingerprint density at radius 1 is 1.50 bits per heavy atom. The number of phenolic OH excluding ortho intramolecular Hbond substituents is 1. The number of hydrogen-bond acceptors (Lipinski definition) is 2. The molecule has 0 aliphatic rings. The first kappa shape index (κ1) is 8.52. The molecule has 3 N–H and O–H groups in total. The van der Waals surface area contributed by atoms with E-state index < -0.39 is 12.1 Å². The molecule has 0 aliphatic carbocycles. The highest BCUT2D eigenvalue weighted by Gasteiger charge is 2.18. The summed E-state index contributed by atoms with van der Waals surface area (Å²) in [6.45, 7) is 0. The minimum atomic E-state index is -1.94. The Morgan fingerprint density at radius 2 is 2.08 bits per heavy atom. The first-order chi connectivity index (χ1) is 5.63. The molecule has 1 aromatic rings. The second-order valence-electron chi connectivity index (χ2n) is 2.32. The topological polar surface area (TPSA) is 63.3 Å². The maximum absolute atomic E-state index is 12.9. The molecule has 1 atom stereocenters. The quantitative estimate of drug-likeness (QED) is 0.690. The molecule has 1 amide bonds. The number of carbonyl (C=O) groups excluding carboxylic acids is 1. The van der Waals surface area contributed by atoms with Crippen molar-refractivity contribution in [3.8, 4) is 5.75 Å². The lowest BCUT2D eigenvalue weighted by molar-refractivity contribution is -0.122. The summed E-state index contributed by atoms with van der Waals surface area (Å²) in [6, 6.07) is 5.66. The average Bonchev–Trinajstić information content (AvgIpc) is 2.04. The van der Waals surface area contributed by atoms with Crippen LogP contribution in [0.2, 0.25) is 0 Å². The molecule has 4 heteroatoms. The van der Waals surface area contributed by atoms with Crippen molar-refractivity contribution in [3.63, 3.8) is 0 Å². The van der Waals surface area contributed by atoms with Gasteiger partial charge in [-0.25, -0.2) is 4.39 Å². The molecule has 0 aromatic heterocycles. The molecule has 0 radical (unpaired) electrons. The van der Waals surface area contributed by atoms with E-state index in [0.29, 0.717) is 0 Å². The molecule has 0 fully saturated rings. The normalized spacial score (nSPS) is 12.4. The van der Waals surface area contributed by atoms with Gasteiger partial charge in [-0.1, -0.05) is 18.2 Å². The van der Waals surface area contributed by atoms with Crippen LogP contribution in [0.5, 0.6) is 5.75 Å². The zero-order chi connectivity index (χ0) is 9.14. The molecule has 1 rings (SSSR count). The number of phenols is 1. The molecule has 1 unspecified atom stereocenters. The van der Waals surface area contributed by atoms with Gasteiger partial charge in [-0.2, -0.15) is 0 Å². The SMILES string of the molecule is NC(=O)C(F)c1ccccc1O. The van der Waals surface area contributed by atoms with Crippen molar-refractivity contribution in [1.29, 1.82) is 0 Å². The summed E-state index contributed by atoms with van der Waals surface area (Å²) in [6.07, 6.45) is -1.94. The maximum Gasteiger partial charge on any atom is 0.256 e. The Morgan fingerprint density at radius 3 is 2.58 bits per heavy atom. The van der Waals surface area contributed by atoms with E-state index in [4.69, 9.17) is 10.8 Å². The summed E-state index contributed by atoms with van der Waals surface area (Å²) >= 11 is 0. The Hall–Kier alpha value is -1.58. The molecular weight excluding hydrogens is 161 g/mol. The van der Waals surface area contributed by atoms with E-state index in [9.17, 15) is 9.18 Å². The van der Waals surface area contributed by atoms with E-state index in [1.807, 2.05) is 0 Å². The van der Waals surface area contributed by atoms with Crippen LogP contribution in [0.25, 0.3) is 0 Å². The van der Waals surface area contributed by atoms with Crippen molar-refractivity contribution in [1.82, 2.24) is 0 Å². The third-order valence-electron chi connectivity index (χ3n) is 1.46. The molecule has 0 saturated heterocycles. The van der Waals surface area contributed by atoms with Crippen molar-refractivity contribution >= 4 is 5.91 Å². The summed E-state index contributed by atoms with van der Waals surface area (Å²) in [5, 5.41) is 9.08. The molecule has 0 spiro atoms. The highest BCUT2D eigenvalue weighted by molar-refractivity contribution is 5.81. The van der Waals surface area contributed by atoms with Crippen LogP contribution in [-0.4, -0.2) is 11.0 Å². The van der Waals surface area contributed by atoms with Gasteiger partial charge in [0.2, 0.25) is 6.17 Å². The van der Waals surface area contributed by atoms with Crippen LogP contribution in [0.3, 0.4) is 0 Å². The molecule has 1 aromatic carbocycles. The van der Waals surface area contributed by atoms with Gasteiger partial charge in [0.25, 0.3) is 5.91 Å². The van der Waals surface area contributed by atoms with Gasteiger partial charge in [0.15, 0.2) is 0 Å². The second-order valence-corrected chi connectivity index (χ2v) is 2.32. The van der Waals surface area contributed by atoms with Crippen LogP contribution < -0.4 is 5.73 Å². The van der Waals surface area contributed by atoms with Crippen LogP contribution in [0.1, 0.15) is 11.7 Å². The zero-order valence-corrected chi connectivity index (χ0v) is 6.20. The number of primary amides is 1. The van der Waals surface area contributed by atoms with Crippen molar-refractivity contribution in [2.24, 2.45) is 5.73 Å². The average molecular weight is 169 g/mol. The van der Waals surface area contributed by atoms with Gasteiger partial charge in [-0.15, -0.1) is 0 Å². The lowest BCUT2D eigenvalue weighted by Gasteiger charge is -2.05. The van der Waals surface area contributed by atoms with Crippen molar-refractivity contribution in [2.75, 3.05) is 0 Å². The number of alkyl halides is 1. The smallest absolute Gasteiger partial charge is 0.256 e. The van der Waals surface area contributed by atoms with Crippen molar-refractivity contribution < 1.29 is 14.3 Å². The number of carbonyl (C=O) groups is 1. The van der Waals surface area contributed by atoms with E-state index in [-0.39, 0.29) is 11.3 Å². The number of para-hydroxylation sites is 1. The fraction of sp³-hybridized carbons (Fsp3) is 0.125. The van der Waals surface area contributed by atoms with E-state index in [1.165, 1.54) is 24.3 Å². The van der Waals surface area contributed by atoms with Crippen LogP contribution in [0.15, 0.2) is 24.3 Å². The van der Waals surface area contributed by atoms with Gasteiger partial charge in [-0.3, -0.25) is 4.79 Å². The molecule has 0 aliphatic heterocycles. The minimum Gasteiger partial charge on any atom is -0.508 e. The molecule has 0 bridgehead atoms. The highest BCUT2D eigenvalue weighted by Crippen LogP contribution is 2.25. The van der Waals surface area contributed by atoms with Gasteiger partial charge >= 0.3 is 0 Å². The van der Waals surface area contributed by atoms with E-state index >= 15 is 0 Å². The van der Waals surface area contributed by atoms with E-state index in [2.05, 4.69) is 0 Å². The Balaban J connectivity index is 3.02. The lowest BCUT2D eigenvalue weighted by Crippen LogP contribution is -2.17. The Bertz CT molecular complexity index is 301. The molecule has 3 nitrogen and oxygen atoms in total. The Labute approximate surface area is 68.6 Å². The van der Waals surface area contributed by atoms with Crippen molar-refractivity contribution in [3.05, 3.63) is 29.8 Å². The summed E-state index contributed by atoms with van der Waals surface area (Å²) < 4.78 is 12.9. The fourth-order valence-corrected chi connectivity index (χ4v) is 0.855. The number of aromatic hydroxyl groups is 1. The largest absolute Gasteiger partial charge is 0.508 e. The van der Waals surface area contributed by atoms with E-state index in [1.54, 1.807) is 0 Å². The number of amides is 1. The second kappa shape index (κ2) is 3.21. The molecule has 12 heavy (non-hydrogen) atoms. The highest BCUT2D eigenvalue weighted by atomic mass is 19.1. The Kier molecular flexibility index (Phi) is 2.28. The minimum absolute atomic E-state index is 0.0926. The fourth-order valence-electron chi connectivity index (χ4n) is 0.855. The lowest BCUT2D eigenvalue weighted by atomic mass is 10.1. The number of benzene rings is 1. The summed E-state index contributed by atoms with van der Waals surface area (Å²) in [7, 11) is 0. The van der Waals surface area contributed by atoms with Crippen LogP contribution in [0.4, 0.5) is 4.39 Å². The monoisotopic (exact) mass is 169 g/mol. The first-order valence-corrected chi connectivity index (χ1v) is 3.34. The van der Waals surface area contributed by atoms with Crippen molar-refractivity contribution in [2.45, 2.75) is 6.17 Å². The zero-order valence-electron chi connectivity index (χ0n) is 6.20. The van der Waals surface area contributed by atoms with E-state index in [0.717, 1.165) is 0 Å². The third kappa shape index (κ3) is 1.53. The molecule has 0 saturated carbocycles. The summed E-state index contributed by atoms with van der Waals surface area (Å²) in [5.74, 6) is -1.36. The van der Waals surface area contributed by atoms with Crippen LogP contribution in [0, 0.1) is 0 Å². The maximum atomic E-state index is 12.9. The van der Waals surface area contributed by atoms with Gasteiger partial charge in [0, 0.05) is 5.56 Å². The number of rotatable bonds is 2. The predicted molar refractivity (Wildman–Crippen MR) is 41.2 cm³/mol. The molecule has 0 heterocycles. The molecule has 64 valence electrons. The van der Waals surface area contributed by atoms with Crippen LogP contribution in [-0.2, 0) is 4.79 Å². The van der Waals surface area contributed by atoms with Gasteiger partial charge < -0.3 is 10.8 Å². The summed E-state index contributed by atoms with van der Waals surface area (Å²) in [4.78, 5) is 10.4.